The maximum absolute atomic E-state index is 12.5. The number of aliphatic hydroxyl groups excluding tert-OH is 1. The lowest BCUT2D eigenvalue weighted by molar-refractivity contribution is 0.00110. The van der Waals surface area contributed by atoms with Crippen LogP contribution in [0.4, 0.5) is 8.78 Å². The van der Waals surface area contributed by atoms with E-state index in [0.29, 0.717) is 25.6 Å². The minimum Gasteiger partial charge on any atom is -0.389 e. The molecule has 1 aromatic rings. The molecule has 1 aliphatic rings. The summed E-state index contributed by atoms with van der Waals surface area (Å²) in [6.07, 6.45) is -1.51. The summed E-state index contributed by atoms with van der Waals surface area (Å²) in [5, 5.41) is 16.7. The fourth-order valence-electron chi connectivity index (χ4n) is 3.29. The largest absolute Gasteiger partial charge is 0.389 e. The van der Waals surface area contributed by atoms with Crippen LogP contribution in [0.1, 0.15) is 38.4 Å². The van der Waals surface area contributed by atoms with Crippen molar-refractivity contribution in [2.75, 3.05) is 39.3 Å². The monoisotopic (exact) mass is 412 g/mol. The lowest BCUT2D eigenvalue weighted by Crippen LogP contribution is -2.49. The summed E-state index contributed by atoms with van der Waals surface area (Å²) in [4.78, 5) is 6.25. The van der Waals surface area contributed by atoms with Crippen molar-refractivity contribution >= 4 is 5.96 Å². The number of nitrogens with one attached hydrogen (secondary N) is 2. The Morgan fingerprint density at radius 2 is 1.97 bits per heavy atom. The molecule has 0 amide bonds. The van der Waals surface area contributed by atoms with Crippen LogP contribution < -0.4 is 10.6 Å². The SMILES string of the molecule is CCNC(=NCC(O)COC(C)c1ccccc1)NC1CCN(CC(F)F)CC1. The van der Waals surface area contributed by atoms with Crippen molar-refractivity contribution in [1.29, 1.82) is 0 Å². The fourth-order valence-corrected chi connectivity index (χ4v) is 3.29. The number of benzene rings is 1. The quantitative estimate of drug-likeness (QED) is 0.407. The molecule has 0 aliphatic carbocycles. The Hall–Kier alpha value is -1.77. The van der Waals surface area contributed by atoms with Gasteiger partial charge in [-0.1, -0.05) is 30.3 Å². The molecule has 2 atom stereocenters. The first-order chi connectivity index (χ1) is 14.0. The average Bonchev–Trinajstić information content (AvgIpc) is 2.72. The summed E-state index contributed by atoms with van der Waals surface area (Å²) in [5.41, 5.74) is 1.07. The highest BCUT2D eigenvalue weighted by atomic mass is 19.3. The number of piperidine rings is 1. The molecule has 1 saturated heterocycles. The van der Waals surface area contributed by atoms with Gasteiger partial charge in [0.25, 0.3) is 6.43 Å². The number of rotatable bonds is 10. The van der Waals surface area contributed by atoms with Gasteiger partial charge >= 0.3 is 0 Å². The van der Waals surface area contributed by atoms with Crippen molar-refractivity contribution in [3.63, 3.8) is 0 Å². The number of hydrogen-bond acceptors (Lipinski definition) is 4. The van der Waals surface area contributed by atoms with E-state index in [1.165, 1.54) is 0 Å². The Bertz CT molecular complexity index is 596. The predicted molar refractivity (Wildman–Crippen MR) is 111 cm³/mol. The van der Waals surface area contributed by atoms with Gasteiger partial charge in [0.1, 0.15) is 0 Å². The molecule has 1 fully saturated rings. The van der Waals surface area contributed by atoms with E-state index in [1.54, 1.807) is 4.90 Å². The molecule has 0 radical (unpaired) electrons. The van der Waals surface area contributed by atoms with E-state index in [9.17, 15) is 13.9 Å². The molecule has 8 heteroatoms. The van der Waals surface area contributed by atoms with Gasteiger partial charge < -0.3 is 20.5 Å². The third kappa shape index (κ3) is 9.06. The molecule has 0 saturated carbocycles. The summed E-state index contributed by atoms with van der Waals surface area (Å²) in [5.74, 6) is 0.634. The van der Waals surface area contributed by atoms with Gasteiger partial charge in [-0.3, -0.25) is 9.89 Å². The first-order valence-electron chi connectivity index (χ1n) is 10.4. The number of nitrogens with zero attached hydrogens (tertiary/aromatic N) is 2. The first kappa shape index (κ1) is 23.5. The number of likely N-dealkylation sites (tertiary alicyclic amines) is 1. The number of aliphatic imine (C=N–C) groups is 1. The van der Waals surface area contributed by atoms with Crippen LogP contribution in [0.3, 0.4) is 0 Å². The topological polar surface area (TPSA) is 69.1 Å². The van der Waals surface area contributed by atoms with Gasteiger partial charge in [-0.05, 0) is 32.3 Å². The van der Waals surface area contributed by atoms with Crippen LogP contribution in [0, 0.1) is 0 Å². The van der Waals surface area contributed by atoms with Gasteiger partial charge in [0.05, 0.1) is 31.9 Å². The van der Waals surface area contributed by atoms with Crippen LogP contribution in [-0.2, 0) is 4.74 Å². The zero-order valence-corrected chi connectivity index (χ0v) is 17.4. The van der Waals surface area contributed by atoms with Crippen molar-refractivity contribution in [2.24, 2.45) is 4.99 Å². The highest BCUT2D eigenvalue weighted by molar-refractivity contribution is 5.80. The van der Waals surface area contributed by atoms with Crippen molar-refractivity contribution in [3.8, 4) is 0 Å². The molecule has 1 aliphatic heterocycles. The maximum atomic E-state index is 12.5. The van der Waals surface area contributed by atoms with E-state index >= 15 is 0 Å². The van der Waals surface area contributed by atoms with Crippen LogP contribution >= 0.6 is 0 Å². The van der Waals surface area contributed by atoms with Gasteiger partial charge in [-0.15, -0.1) is 0 Å². The molecule has 2 unspecified atom stereocenters. The zero-order chi connectivity index (χ0) is 21.1. The van der Waals surface area contributed by atoms with Crippen molar-refractivity contribution in [1.82, 2.24) is 15.5 Å². The van der Waals surface area contributed by atoms with E-state index in [0.717, 1.165) is 18.4 Å². The van der Waals surface area contributed by atoms with E-state index in [1.807, 2.05) is 44.2 Å². The van der Waals surface area contributed by atoms with Crippen LogP contribution in [-0.4, -0.2) is 73.9 Å². The Balaban J connectivity index is 1.75. The molecule has 2 rings (SSSR count). The van der Waals surface area contributed by atoms with E-state index in [2.05, 4.69) is 15.6 Å². The molecule has 164 valence electrons. The normalized spacial score (nSPS) is 18.6. The molecule has 3 N–H and O–H groups in total. The number of aliphatic hydroxyl groups is 1. The minimum absolute atomic E-state index is 0.0976. The smallest absolute Gasteiger partial charge is 0.251 e. The standard InChI is InChI=1S/C21H34F2N4O2/c1-3-24-21(26-18-9-11-27(12-10-18)14-20(22)23)25-13-19(28)15-29-16(2)17-7-5-4-6-8-17/h4-8,16,18-20,28H,3,9-15H2,1-2H3,(H2,24,25,26). The molecule has 0 spiro atoms. The average molecular weight is 413 g/mol. The van der Waals surface area contributed by atoms with Crippen LogP contribution in [0.25, 0.3) is 0 Å². The number of ether oxygens (including phenoxy) is 1. The summed E-state index contributed by atoms with van der Waals surface area (Å²) in [6, 6.07) is 10.1. The molecule has 0 aromatic heterocycles. The molecule has 0 bridgehead atoms. The van der Waals surface area contributed by atoms with Gasteiger partial charge in [0.15, 0.2) is 5.96 Å². The highest BCUT2D eigenvalue weighted by Gasteiger charge is 2.22. The van der Waals surface area contributed by atoms with Gasteiger partial charge in [-0.25, -0.2) is 8.78 Å². The molecular formula is C21H34F2N4O2. The summed E-state index contributed by atoms with van der Waals surface area (Å²) in [6.45, 7) is 6.19. The second-order valence-electron chi connectivity index (χ2n) is 7.37. The van der Waals surface area contributed by atoms with Crippen LogP contribution in [0.5, 0.6) is 0 Å². The number of halogens is 2. The third-order valence-electron chi connectivity index (χ3n) is 4.94. The van der Waals surface area contributed by atoms with E-state index in [4.69, 9.17) is 4.74 Å². The lowest BCUT2D eigenvalue weighted by Gasteiger charge is -2.32. The third-order valence-corrected chi connectivity index (χ3v) is 4.94. The first-order valence-corrected chi connectivity index (χ1v) is 10.4. The zero-order valence-electron chi connectivity index (χ0n) is 17.4. The molecule has 6 nitrogen and oxygen atoms in total. The minimum atomic E-state index is -2.29. The second kappa shape index (κ2) is 12.7. The highest BCUT2D eigenvalue weighted by Crippen LogP contribution is 2.16. The number of guanidine groups is 1. The van der Waals surface area contributed by atoms with Crippen molar-refractivity contribution < 1.29 is 18.6 Å². The van der Waals surface area contributed by atoms with Crippen molar-refractivity contribution in [2.45, 2.75) is 51.4 Å². The Labute approximate surface area is 172 Å². The van der Waals surface area contributed by atoms with Gasteiger partial charge in [-0.2, -0.15) is 0 Å². The molecule has 29 heavy (non-hydrogen) atoms. The Kier molecular flexibility index (Phi) is 10.3. The predicted octanol–water partition coefficient (Wildman–Crippen LogP) is 2.41. The van der Waals surface area contributed by atoms with E-state index < -0.39 is 12.5 Å². The van der Waals surface area contributed by atoms with Crippen LogP contribution in [0.15, 0.2) is 35.3 Å². The summed E-state index contributed by atoms with van der Waals surface area (Å²) >= 11 is 0. The van der Waals surface area contributed by atoms with E-state index in [-0.39, 0.29) is 31.8 Å². The number of alkyl halides is 2. The fraction of sp³-hybridized carbons (Fsp3) is 0.667. The Morgan fingerprint density at radius 1 is 1.28 bits per heavy atom. The summed E-state index contributed by atoms with van der Waals surface area (Å²) < 4.78 is 30.7. The Morgan fingerprint density at radius 3 is 2.59 bits per heavy atom. The lowest BCUT2D eigenvalue weighted by atomic mass is 10.1. The molecular weight excluding hydrogens is 378 g/mol. The van der Waals surface area contributed by atoms with Gasteiger partial charge in [0.2, 0.25) is 0 Å². The molecule has 1 aromatic carbocycles. The molecule has 1 heterocycles. The van der Waals surface area contributed by atoms with Gasteiger partial charge in [0, 0.05) is 25.7 Å². The van der Waals surface area contributed by atoms with Crippen molar-refractivity contribution in [3.05, 3.63) is 35.9 Å². The number of hydrogen-bond donors (Lipinski definition) is 3. The summed E-state index contributed by atoms with van der Waals surface area (Å²) in [7, 11) is 0. The second-order valence-corrected chi connectivity index (χ2v) is 7.37. The van der Waals surface area contributed by atoms with Crippen LogP contribution in [0.2, 0.25) is 0 Å². The maximum Gasteiger partial charge on any atom is 0.251 e.